The number of hydrogen-bond donors (Lipinski definition) is 1. The van der Waals surface area contributed by atoms with Crippen molar-refractivity contribution in [3.8, 4) is 0 Å². The quantitative estimate of drug-likeness (QED) is 0.608. The van der Waals surface area contributed by atoms with Gasteiger partial charge in [-0.3, -0.25) is 4.79 Å². The monoisotopic (exact) mass is 168 g/mol. The molecule has 2 N–H and O–H groups in total. The van der Waals surface area contributed by atoms with Crippen molar-refractivity contribution < 1.29 is 4.79 Å². The summed E-state index contributed by atoms with van der Waals surface area (Å²) in [7, 11) is 0. The van der Waals surface area contributed by atoms with Crippen molar-refractivity contribution in [2.45, 2.75) is 19.3 Å². The fourth-order valence-electron chi connectivity index (χ4n) is 2.55. The molecule has 3 nitrogen and oxygen atoms in total. The summed E-state index contributed by atoms with van der Waals surface area (Å²) in [5.41, 5.74) is 5.35. The molecule has 2 heterocycles. The van der Waals surface area contributed by atoms with E-state index < -0.39 is 0 Å². The Morgan fingerprint density at radius 3 is 2.92 bits per heavy atom. The van der Waals surface area contributed by atoms with Gasteiger partial charge < -0.3 is 10.6 Å². The van der Waals surface area contributed by atoms with Gasteiger partial charge in [-0.15, -0.1) is 0 Å². The summed E-state index contributed by atoms with van der Waals surface area (Å²) < 4.78 is 0. The summed E-state index contributed by atoms with van der Waals surface area (Å²) in [5.74, 6) is 0.646. The van der Waals surface area contributed by atoms with Gasteiger partial charge in [0.15, 0.2) is 0 Å². The average Bonchev–Trinajstić information content (AvgIpc) is 2.04. The van der Waals surface area contributed by atoms with E-state index in [0.29, 0.717) is 5.92 Å². The molecule has 0 radical (unpaired) electrons. The standard InChI is InChI=1S/C9H16N2O/c10-9(12)8-3-5-11-4-1-2-7(8)6-11/h7-8H,1-6H2,(H2,10,12). The Labute approximate surface area is 72.9 Å². The van der Waals surface area contributed by atoms with Crippen LogP contribution in [0.25, 0.3) is 0 Å². The third kappa shape index (κ3) is 1.33. The number of piperidine rings is 2. The first-order valence-corrected chi connectivity index (χ1v) is 4.79. The number of primary amides is 1. The van der Waals surface area contributed by atoms with Gasteiger partial charge in [0.1, 0.15) is 0 Å². The topological polar surface area (TPSA) is 46.3 Å². The van der Waals surface area contributed by atoms with Crippen LogP contribution < -0.4 is 5.73 Å². The highest BCUT2D eigenvalue weighted by Gasteiger charge is 2.34. The fraction of sp³-hybridized carbons (Fsp3) is 0.889. The third-order valence-corrected chi connectivity index (χ3v) is 3.23. The molecule has 2 aliphatic rings. The molecule has 2 fully saturated rings. The van der Waals surface area contributed by atoms with E-state index in [0.717, 1.165) is 19.5 Å². The van der Waals surface area contributed by atoms with Gasteiger partial charge in [-0.1, -0.05) is 0 Å². The van der Waals surface area contributed by atoms with Crippen LogP contribution in [0.5, 0.6) is 0 Å². The van der Waals surface area contributed by atoms with Crippen molar-refractivity contribution in [1.29, 1.82) is 0 Å². The van der Waals surface area contributed by atoms with E-state index >= 15 is 0 Å². The van der Waals surface area contributed by atoms with E-state index in [1.165, 1.54) is 19.4 Å². The number of fused-ring (bicyclic) bond motifs is 2. The van der Waals surface area contributed by atoms with E-state index in [1.807, 2.05) is 0 Å². The summed E-state index contributed by atoms with van der Waals surface area (Å²) in [6.07, 6.45) is 3.43. The molecule has 3 heteroatoms. The van der Waals surface area contributed by atoms with Crippen molar-refractivity contribution in [3.63, 3.8) is 0 Å². The molecule has 3 unspecified atom stereocenters. The third-order valence-electron chi connectivity index (χ3n) is 3.23. The van der Waals surface area contributed by atoms with Crippen LogP contribution in [0, 0.1) is 11.8 Å². The minimum Gasteiger partial charge on any atom is -0.369 e. The average molecular weight is 168 g/mol. The molecule has 68 valence electrons. The first-order chi connectivity index (χ1) is 5.77. The lowest BCUT2D eigenvalue weighted by molar-refractivity contribution is -0.126. The zero-order chi connectivity index (χ0) is 8.55. The molecular weight excluding hydrogens is 152 g/mol. The first-order valence-electron chi connectivity index (χ1n) is 4.79. The second-order valence-electron chi connectivity index (χ2n) is 4.00. The summed E-state index contributed by atoms with van der Waals surface area (Å²) in [4.78, 5) is 13.5. The van der Waals surface area contributed by atoms with E-state index in [-0.39, 0.29) is 11.8 Å². The molecular formula is C9H16N2O. The Hall–Kier alpha value is -0.570. The Balaban J connectivity index is 2.04. The molecule has 2 rings (SSSR count). The van der Waals surface area contributed by atoms with Gasteiger partial charge in [-0.25, -0.2) is 0 Å². The van der Waals surface area contributed by atoms with Crippen LogP contribution in [0.15, 0.2) is 0 Å². The molecule has 2 bridgehead atoms. The second-order valence-corrected chi connectivity index (χ2v) is 4.00. The minimum absolute atomic E-state index is 0.0819. The van der Waals surface area contributed by atoms with Crippen molar-refractivity contribution in [1.82, 2.24) is 4.90 Å². The van der Waals surface area contributed by atoms with Gasteiger partial charge in [0.25, 0.3) is 0 Å². The van der Waals surface area contributed by atoms with Crippen LogP contribution >= 0.6 is 0 Å². The Bertz CT molecular complexity index is 193. The van der Waals surface area contributed by atoms with Crippen LogP contribution in [-0.2, 0) is 4.79 Å². The molecule has 0 aromatic heterocycles. The number of nitrogens with zero attached hydrogens (tertiary/aromatic N) is 1. The van der Waals surface area contributed by atoms with Crippen LogP contribution in [0.4, 0.5) is 0 Å². The zero-order valence-corrected chi connectivity index (χ0v) is 7.33. The van der Waals surface area contributed by atoms with Gasteiger partial charge in [0.2, 0.25) is 5.91 Å². The Morgan fingerprint density at radius 2 is 2.17 bits per heavy atom. The highest BCUT2D eigenvalue weighted by Crippen LogP contribution is 2.30. The smallest absolute Gasteiger partial charge is 0.220 e. The SMILES string of the molecule is NC(=O)C1CCN2CCCC1C2. The first kappa shape index (κ1) is 8.05. The molecule has 0 aliphatic carbocycles. The number of carbonyl (C=O) groups is 1. The maximum absolute atomic E-state index is 11.1. The predicted molar refractivity (Wildman–Crippen MR) is 46.5 cm³/mol. The van der Waals surface area contributed by atoms with E-state index in [2.05, 4.69) is 4.90 Å². The van der Waals surface area contributed by atoms with Gasteiger partial charge >= 0.3 is 0 Å². The molecule has 0 spiro atoms. The molecule has 2 aliphatic heterocycles. The van der Waals surface area contributed by atoms with Crippen molar-refractivity contribution in [3.05, 3.63) is 0 Å². The van der Waals surface area contributed by atoms with E-state index in [9.17, 15) is 4.79 Å². The normalized spacial score (nSPS) is 40.8. The van der Waals surface area contributed by atoms with Crippen LogP contribution in [0.2, 0.25) is 0 Å². The van der Waals surface area contributed by atoms with Crippen LogP contribution in [-0.4, -0.2) is 30.4 Å². The maximum atomic E-state index is 11.1. The largest absolute Gasteiger partial charge is 0.369 e. The number of hydrogen-bond acceptors (Lipinski definition) is 2. The molecule has 3 atom stereocenters. The summed E-state index contributed by atoms with van der Waals surface area (Å²) in [5, 5.41) is 0. The molecule has 2 saturated heterocycles. The molecule has 0 saturated carbocycles. The second kappa shape index (κ2) is 3.05. The van der Waals surface area contributed by atoms with Gasteiger partial charge in [0, 0.05) is 12.5 Å². The number of amides is 1. The minimum atomic E-state index is -0.0819. The van der Waals surface area contributed by atoms with Gasteiger partial charge in [0.05, 0.1) is 0 Å². The summed E-state index contributed by atoms with van der Waals surface area (Å²) in [6.45, 7) is 3.40. The van der Waals surface area contributed by atoms with Gasteiger partial charge in [-0.2, -0.15) is 0 Å². The zero-order valence-electron chi connectivity index (χ0n) is 7.33. The summed E-state index contributed by atoms with van der Waals surface area (Å²) in [6, 6.07) is 0. The maximum Gasteiger partial charge on any atom is 0.220 e. The highest BCUT2D eigenvalue weighted by atomic mass is 16.1. The van der Waals surface area contributed by atoms with Crippen molar-refractivity contribution in [2.75, 3.05) is 19.6 Å². The number of nitrogens with two attached hydrogens (primary N) is 1. The summed E-state index contributed by atoms with van der Waals surface area (Å²) >= 11 is 0. The van der Waals surface area contributed by atoms with E-state index in [4.69, 9.17) is 5.73 Å². The Kier molecular flexibility index (Phi) is 2.05. The number of rotatable bonds is 1. The molecule has 0 aromatic carbocycles. The fourth-order valence-corrected chi connectivity index (χ4v) is 2.55. The van der Waals surface area contributed by atoms with Crippen molar-refractivity contribution in [2.24, 2.45) is 17.6 Å². The molecule has 1 amide bonds. The van der Waals surface area contributed by atoms with Crippen LogP contribution in [0.3, 0.4) is 0 Å². The van der Waals surface area contributed by atoms with E-state index in [1.54, 1.807) is 0 Å². The predicted octanol–water partition coefficient (Wildman–Crippen LogP) is 0.204. The van der Waals surface area contributed by atoms with Crippen LogP contribution in [0.1, 0.15) is 19.3 Å². The number of carbonyl (C=O) groups excluding carboxylic acids is 1. The van der Waals surface area contributed by atoms with Gasteiger partial charge in [-0.05, 0) is 38.3 Å². The van der Waals surface area contributed by atoms with Crippen molar-refractivity contribution >= 4 is 5.91 Å². The lowest BCUT2D eigenvalue weighted by Crippen LogP contribution is -2.48. The lowest BCUT2D eigenvalue weighted by Gasteiger charge is -2.41. The molecule has 12 heavy (non-hydrogen) atoms. The molecule has 0 aromatic rings. The lowest BCUT2D eigenvalue weighted by atomic mass is 9.79. The highest BCUT2D eigenvalue weighted by molar-refractivity contribution is 5.77. The Morgan fingerprint density at radius 1 is 1.33 bits per heavy atom.